The maximum Gasteiger partial charge on any atom is 0.339 e. The van der Waals surface area contributed by atoms with E-state index in [1.807, 2.05) is 0 Å². The fourth-order valence-electron chi connectivity index (χ4n) is 4.06. The van der Waals surface area contributed by atoms with Crippen molar-refractivity contribution >= 4 is 34.0 Å². The quantitative estimate of drug-likeness (QED) is 0.209. The van der Waals surface area contributed by atoms with Gasteiger partial charge in [-0.05, 0) is 59.2 Å². The second-order valence-electron chi connectivity index (χ2n) is 8.27. The molecule has 202 valence electrons. The van der Waals surface area contributed by atoms with E-state index in [1.165, 1.54) is 42.5 Å². The lowest BCUT2D eigenvalue weighted by atomic mass is 9.90. The summed E-state index contributed by atoms with van der Waals surface area (Å²) in [5.41, 5.74) is -2.24. The normalized spacial score (nSPS) is 11.0. The largest absolute Gasteiger partial charge is 0.478 e. The fourth-order valence-corrected chi connectivity index (χ4v) is 5.24. The number of aromatic carboxylic acids is 4. The predicted molar refractivity (Wildman–Crippen MR) is 139 cm³/mol. The molecule has 40 heavy (non-hydrogen) atoms. The van der Waals surface area contributed by atoms with E-state index in [0.29, 0.717) is 0 Å². The van der Waals surface area contributed by atoms with Crippen molar-refractivity contribution in [3.05, 3.63) is 107 Å². The average Bonchev–Trinajstić information content (AvgIpc) is 2.92. The highest BCUT2D eigenvalue weighted by molar-refractivity contribution is 7.87. The lowest BCUT2D eigenvalue weighted by Crippen LogP contribution is -2.13. The third kappa shape index (κ3) is 5.37. The van der Waals surface area contributed by atoms with Crippen molar-refractivity contribution in [2.24, 2.45) is 0 Å². The second kappa shape index (κ2) is 10.7. The first-order valence-corrected chi connectivity index (χ1v) is 12.7. The molecule has 0 aliphatic heterocycles. The van der Waals surface area contributed by atoms with Crippen molar-refractivity contribution in [3.63, 3.8) is 0 Å². The first-order valence-electron chi connectivity index (χ1n) is 11.2. The zero-order chi connectivity index (χ0) is 29.2. The molecule has 0 amide bonds. The van der Waals surface area contributed by atoms with Crippen molar-refractivity contribution in [2.75, 3.05) is 0 Å². The monoisotopic (exact) mass is 562 g/mol. The molecule has 0 fully saturated rings. The van der Waals surface area contributed by atoms with Gasteiger partial charge in [-0.1, -0.05) is 42.5 Å². The Hall–Kier alpha value is -5.49. The average molecular weight is 563 g/mol. The van der Waals surface area contributed by atoms with Gasteiger partial charge in [-0.25, -0.2) is 19.2 Å². The van der Waals surface area contributed by atoms with Crippen LogP contribution >= 0.6 is 0 Å². The van der Waals surface area contributed by atoms with Gasteiger partial charge >= 0.3 is 34.0 Å². The Balaban J connectivity index is 2.06. The lowest BCUT2D eigenvalue weighted by Gasteiger charge is -2.18. The van der Waals surface area contributed by atoms with E-state index in [4.69, 9.17) is 4.18 Å². The summed E-state index contributed by atoms with van der Waals surface area (Å²) in [7, 11) is -4.60. The molecule has 0 unspecified atom stereocenters. The van der Waals surface area contributed by atoms with Crippen LogP contribution < -0.4 is 4.18 Å². The van der Waals surface area contributed by atoms with Crippen LogP contribution in [0.15, 0.2) is 89.8 Å². The van der Waals surface area contributed by atoms with Gasteiger partial charge in [0.2, 0.25) is 0 Å². The van der Waals surface area contributed by atoms with Crippen molar-refractivity contribution in [2.45, 2.75) is 4.90 Å². The van der Waals surface area contributed by atoms with Crippen LogP contribution in [0.5, 0.6) is 5.75 Å². The highest BCUT2D eigenvalue weighted by atomic mass is 32.2. The molecule has 0 atom stereocenters. The number of rotatable bonds is 9. The highest BCUT2D eigenvalue weighted by Crippen LogP contribution is 2.39. The third-order valence-corrected chi connectivity index (χ3v) is 7.10. The van der Waals surface area contributed by atoms with E-state index in [9.17, 15) is 48.0 Å². The van der Waals surface area contributed by atoms with Crippen LogP contribution in [0.25, 0.3) is 22.3 Å². The van der Waals surface area contributed by atoms with E-state index in [2.05, 4.69) is 0 Å². The van der Waals surface area contributed by atoms with Crippen LogP contribution in [-0.4, -0.2) is 52.7 Å². The van der Waals surface area contributed by atoms with Gasteiger partial charge < -0.3 is 24.6 Å². The Labute approximate surface area is 226 Å². The van der Waals surface area contributed by atoms with Crippen LogP contribution in [-0.2, 0) is 10.1 Å². The molecule has 0 aliphatic rings. The number of carboxylic acids is 4. The number of para-hydroxylation sites is 1. The van der Waals surface area contributed by atoms with Crippen LogP contribution in [0.3, 0.4) is 0 Å². The summed E-state index contributed by atoms with van der Waals surface area (Å²) in [6, 6.07) is 18.0. The topological polar surface area (TPSA) is 193 Å². The first kappa shape index (κ1) is 27.5. The maximum atomic E-state index is 13.5. The molecule has 0 saturated carbocycles. The van der Waals surface area contributed by atoms with Crippen molar-refractivity contribution in [1.82, 2.24) is 0 Å². The standard InChI is InChI=1S/C28H18O11S/c29-25(30)19-11-9-15(13-21(19)27(33)34)18-7-4-8-23(40(37,38)39-17-5-2-1-3-6-17)24(18)16-10-12-20(26(31)32)22(14-16)28(35)36/h1-14H,(H,29,30)(H,31,32)(H,33,34)(H,35,36). The molecule has 0 saturated heterocycles. The van der Waals surface area contributed by atoms with Gasteiger partial charge in [-0.2, -0.15) is 8.42 Å². The van der Waals surface area contributed by atoms with Crippen molar-refractivity contribution < 1.29 is 52.2 Å². The van der Waals surface area contributed by atoms with Crippen molar-refractivity contribution in [3.8, 4) is 28.0 Å². The van der Waals surface area contributed by atoms with Gasteiger partial charge in [0, 0.05) is 5.56 Å². The van der Waals surface area contributed by atoms with E-state index < -0.39 is 61.1 Å². The Morgan fingerprint density at radius 2 is 1.05 bits per heavy atom. The minimum absolute atomic E-state index is 0.0229. The summed E-state index contributed by atoms with van der Waals surface area (Å²) < 4.78 is 32.3. The Bertz CT molecular complexity index is 1790. The molecule has 4 aromatic carbocycles. The molecular formula is C28H18O11S. The molecule has 0 spiro atoms. The van der Waals surface area contributed by atoms with E-state index in [0.717, 1.165) is 24.3 Å². The molecule has 0 radical (unpaired) electrons. The molecule has 0 aromatic heterocycles. The van der Waals surface area contributed by atoms with E-state index in [-0.39, 0.29) is 28.0 Å². The number of benzene rings is 4. The molecule has 0 aliphatic carbocycles. The molecule has 0 heterocycles. The summed E-state index contributed by atoms with van der Waals surface area (Å²) in [5.74, 6) is -6.16. The summed E-state index contributed by atoms with van der Waals surface area (Å²) in [4.78, 5) is 46.4. The van der Waals surface area contributed by atoms with Gasteiger partial charge in [0.05, 0.1) is 22.3 Å². The lowest BCUT2D eigenvalue weighted by molar-refractivity contribution is 0.0651. The Morgan fingerprint density at radius 1 is 0.550 bits per heavy atom. The van der Waals surface area contributed by atoms with Gasteiger partial charge in [0.1, 0.15) is 10.6 Å². The minimum Gasteiger partial charge on any atom is -0.478 e. The summed E-state index contributed by atoms with van der Waals surface area (Å²) in [6.45, 7) is 0. The zero-order valence-electron chi connectivity index (χ0n) is 20.1. The maximum absolute atomic E-state index is 13.5. The van der Waals surface area contributed by atoms with E-state index >= 15 is 0 Å². The van der Waals surface area contributed by atoms with Crippen LogP contribution in [0.1, 0.15) is 41.4 Å². The molecule has 4 rings (SSSR count). The van der Waals surface area contributed by atoms with Crippen LogP contribution in [0, 0.1) is 0 Å². The van der Waals surface area contributed by atoms with Gasteiger partial charge in [0.25, 0.3) is 0 Å². The summed E-state index contributed by atoms with van der Waals surface area (Å²) >= 11 is 0. The summed E-state index contributed by atoms with van der Waals surface area (Å²) in [6.07, 6.45) is 0. The number of hydrogen-bond donors (Lipinski definition) is 4. The van der Waals surface area contributed by atoms with Crippen LogP contribution in [0.4, 0.5) is 0 Å². The molecule has 4 N–H and O–H groups in total. The molecule has 0 bridgehead atoms. The smallest absolute Gasteiger partial charge is 0.339 e. The molecule has 4 aromatic rings. The second-order valence-corrected chi connectivity index (χ2v) is 9.79. The van der Waals surface area contributed by atoms with Gasteiger partial charge in [-0.3, -0.25) is 0 Å². The molecular weight excluding hydrogens is 544 g/mol. The third-order valence-electron chi connectivity index (χ3n) is 5.81. The Morgan fingerprint density at radius 3 is 1.57 bits per heavy atom. The van der Waals surface area contributed by atoms with Gasteiger partial charge in [0.15, 0.2) is 0 Å². The molecule has 11 nitrogen and oxygen atoms in total. The SMILES string of the molecule is O=C(O)c1ccc(-c2cccc(S(=O)(=O)Oc3ccccc3)c2-c2ccc(C(=O)O)c(C(=O)O)c2)cc1C(=O)O. The highest BCUT2D eigenvalue weighted by Gasteiger charge is 2.27. The van der Waals surface area contributed by atoms with Crippen LogP contribution in [0.2, 0.25) is 0 Å². The predicted octanol–water partition coefficient (Wildman–Crippen LogP) is 4.58. The summed E-state index contributed by atoms with van der Waals surface area (Å²) in [5, 5.41) is 38.1. The number of carboxylic acid groups (broad SMARTS) is 4. The minimum atomic E-state index is -4.60. The zero-order valence-corrected chi connectivity index (χ0v) is 21.0. The van der Waals surface area contributed by atoms with E-state index in [1.54, 1.807) is 18.2 Å². The van der Waals surface area contributed by atoms with Gasteiger partial charge in [-0.15, -0.1) is 0 Å². The number of carbonyl (C=O) groups is 4. The number of hydrogen-bond acceptors (Lipinski definition) is 7. The molecule has 12 heteroatoms. The van der Waals surface area contributed by atoms with Crippen molar-refractivity contribution in [1.29, 1.82) is 0 Å². The fraction of sp³-hybridized carbons (Fsp3) is 0. The first-order chi connectivity index (χ1) is 18.9. The Kier molecular flexibility index (Phi) is 7.37.